The van der Waals surface area contributed by atoms with Crippen LogP contribution in [-0.4, -0.2) is 42.9 Å². The second kappa shape index (κ2) is 8.03. The van der Waals surface area contributed by atoms with Crippen LogP contribution in [0, 0.1) is 0 Å². The van der Waals surface area contributed by atoms with E-state index < -0.39 is 0 Å². The van der Waals surface area contributed by atoms with Crippen molar-refractivity contribution in [2.24, 2.45) is 0 Å². The van der Waals surface area contributed by atoms with Crippen LogP contribution >= 0.6 is 11.8 Å². The van der Waals surface area contributed by atoms with Gasteiger partial charge in [-0.05, 0) is 25.0 Å². The van der Waals surface area contributed by atoms with Gasteiger partial charge in [-0.2, -0.15) is 0 Å². The minimum atomic E-state index is -0.0773. The Labute approximate surface area is 147 Å². The fourth-order valence-corrected chi connectivity index (χ4v) is 4.22. The summed E-state index contributed by atoms with van der Waals surface area (Å²) in [5.74, 6) is -0.0616. The number of anilines is 1. The van der Waals surface area contributed by atoms with E-state index in [1.165, 1.54) is 0 Å². The zero-order chi connectivity index (χ0) is 16.9. The fraction of sp³-hybridized carbons (Fsp3) is 0.556. The number of hydrogen-bond donors (Lipinski definition) is 1. The Balaban J connectivity index is 1.50. The van der Waals surface area contributed by atoms with Gasteiger partial charge in [0.25, 0.3) is 0 Å². The molecule has 3 rings (SSSR count). The molecule has 2 aliphatic heterocycles. The molecule has 130 valence electrons. The van der Waals surface area contributed by atoms with Crippen LogP contribution in [0.2, 0.25) is 0 Å². The van der Waals surface area contributed by atoms with Gasteiger partial charge in [0.05, 0.1) is 11.8 Å². The minimum Gasteiger partial charge on any atom is -0.376 e. The molecule has 24 heavy (non-hydrogen) atoms. The summed E-state index contributed by atoms with van der Waals surface area (Å²) in [6.07, 6.45) is 2.66. The van der Waals surface area contributed by atoms with E-state index in [9.17, 15) is 9.59 Å². The van der Waals surface area contributed by atoms with E-state index in [2.05, 4.69) is 12.2 Å². The predicted octanol–water partition coefficient (Wildman–Crippen LogP) is 2.59. The van der Waals surface area contributed by atoms with Gasteiger partial charge in [0.15, 0.2) is 0 Å². The van der Waals surface area contributed by atoms with Crippen molar-refractivity contribution in [3.63, 3.8) is 0 Å². The van der Waals surface area contributed by atoms with E-state index in [4.69, 9.17) is 4.74 Å². The van der Waals surface area contributed by atoms with Gasteiger partial charge < -0.3 is 15.0 Å². The monoisotopic (exact) mass is 348 g/mol. The van der Waals surface area contributed by atoms with Gasteiger partial charge in [0.2, 0.25) is 11.8 Å². The van der Waals surface area contributed by atoms with E-state index in [-0.39, 0.29) is 30.8 Å². The van der Waals surface area contributed by atoms with Crippen molar-refractivity contribution in [3.05, 3.63) is 24.3 Å². The van der Waals surface area contributed by atoms with Crippen molar-refractivity contribution in [1.82, 2.24) is 5.32 Å². The van der Waals surface area contributed by atoms with Crippen LogP contribution in [-0.2, 0) is 14.3 Å². The number of hydrogen-bond acceptors (Lipinski definition) is 4. The highest BCUT2D eigenvalue weighted by Gasteiger charge is 2.26. The molecule has 1 N–H and O–H groups in total. The lowest BCUT2D eigenvalue weighted by Gasteiger charge is -2.32. The third-order valence-electron chi connectivity index (χ3n) is 4.34. The number of fused-ring (bicyclic) bond motifs is 1. The topological polar surface area (TPSA) is 58.6 Å². The standard InChI is InChI=1S/C18H24N2O3S/c1-13-12-20(15-6-2-3-7-16(15)24-13)18(22)9-8-17(21)19-11-14-5-4-10-23-14/h2-3,6-7,13-14H,4-5,8-12H2,1H3,(H,19,21). The first-order valence-corrected chi connectivity index (χ1v) is 9.46. The second-order valence-electron chi connectivity index (χ2n) is 6.34. The van der Waals surface area contributed by atoms with Gasteiger partial charge in [0, 0.05) is 42.7 Å². The molecular formula is C18H24N2O3S. The van der Waals surface area contributed by atoms with Crippen molar-refractivity contribution in [2.45, 2.75) is 48.9 Å². The van der Waals surface area contributed by atoms with Crippen molar-refractivity contribution >= 4 is 29.3 Å². The molecule has 2 aliphatic rings. The zero-order valence-electron chi connectivity index (χ0n) is 14.0. The Morgan fingerprint density at radius 1 is 1.33 bits per heavy atom. The van der Waals surface area contributed by atoms with Crippen molar-refractivity contribution in [1.29, 1.82) is 0 Å². The first kappa shape index (κ1) is 17.3. The summed E-state index contributed by atoms with van der Waals surface area (Å²) in [7, 11) is 0. The molecule has 0 radical (unpaired) electrons. The molecule has 1 saturated heterocycles. The SMILES string of the molecule is CC1CN(C(=O)CCC(=O)NCC2CCCO2)c2ccccc2S1. The van der Waals surface area contributed by atoms with Crippen LogP contribution in [0.25, 0.3) is 0 Å². The molecule has 2 amide bonds. The summed E-state index contributed by atoms with van der Waals surface area (Å²) >= 11 is 1.79. The third-order valence-corrected chi connectivity index (χ3v) is 5.49. The maximum atomic E-state index is 12.6. The number of thioether (sulfide) groups is 1. The maximum absolute atomic E-state index is 12.6. The molecule has 2 heterocycles. The van der Waals surface area contributed by atoms with Gasteiger partial charge in [-0.25, -0.2) is 0 Å². The minimum absolute atomic E-state index is 0.0156. The average Bonchev–Trinajstić information content (AvgIpc) is 3.10. The number of carbonyl (C=O) groups excluding carboxylic acids is 2. The average molecular weight is 348 g/mol. The zero-order valence-corrected chi connectivity index (χ0v) is 14.8. The number of para-hydroxylation sites is 1. The smallest absolute Gasteiger partial charge is 0.227 e. The summed E-state index contributed by atoms with van der Waals surface area (Å²) in [6.45, 7) is 4.14. The largest absolute Gasteiger partial charge is 0.376 e. The molecule has 5 nitrogen and oxygen atoms in total. The van der Waals surface area contributed by atoms with Crippen molar-refractivity contribution in [2.75, 3.05) is 24.6 Å². The summed E-state index contributed by atoms with van der Waals surface area (Å²) in [5.41, 5.74) is 0.963. The Hall–Kier alpha value is -1.53. The normalized spacial score (nSPS) is 23.0. The maximum Gasteiger partial charge on any atom is 0.227 e. The number of benzene rings is 1. The van der Waals surface area contributed by atoms with E-state index in [0.29, 0.717) is 18.3 Å². The molecule has 2 atom stereocenters. The molecule has 0 bridgehead atoms. The highest BCUT2D eigenvalue weighted by atomic mass is 32.2. The fourth-order valence-electron chi connectivity index (χ4n) is 3.10. The van der Waals surface area contributed by atoms with Crippen LogP contribution in [0.1, 0.15) is 32.6 Å². The predicted molar refractivity (Wildman–Crippen MR) is 95.3 cm³/mol. The molecule has 1 aromatic rings. The number of ether oxygens (including phenoxy) is 1. The van der Waals surface area contributed by atoms with Crippen LogP contribution in [0.3, 0.4) is 0 Å². The van der Waals surface area contributed by atoms with Crippen LogP contribution in [0.4, 0.5) is 5.69 Å². The quantitative estimate of drug-likeness (QED) is 0.889. The first-order chi connectivity index (χ1) is 11.6. The molecule has 6 heteroatoms. The summed E-state index contributed by atoms with van der Waals surface area (Å²) in [4.78, 5) is 27.5. The van der Waals surface area contributed by atoms with Gasteiger partial charge >= 0.3 is 0 Å². The van der Waals surface area contributed by atoms with Gasteiger partial charge in [-0.15, -0.1) is 11.8 Å². The second-order valence-corrected chi connectivity index (χ2v) is 7.82. The van der Waals surface area contributed by atoms with Crippen LogP contribution in [0.15, 0.2) is 29.2 Å². The molecule has 2 unspecified atom stereocenters. The lowest BCUT2D eigenvalue weighted by Crippen LogP contribution is -2.39. The molecule has 0 aliphatic carbocycles. The van der Waals surface area contributed by atoms with Gasteiger partial charge in [-0.3, -0.25) is 9.59 Å². The third kappa shape index (κ3) is 4.30. The molecular weight excluding hydrogens is 324 g/mol. The van der Waals surface area contributed by atoms with E-state index >= 15 is 0 Å². The summed E-state index contributed by atoms with van der Waals surface area (Å²) in [6, 6.07) is 7.96. The number of nitrogens with zero attached hydrogens (tertiary/aromatic N) is 1. The van der Waals surface area contributed by atoms with Gasteiger partial charge in [-0.1, -0.05) is 19.1 Å². The van der Waals surface area contributed by atoms with Crippen LogP contribution in [0.5, 0.6) is 0 Å². The van der Waals surface area contributed by atoms with Crippen LogP contribution < -0.4 is 10.2 Å². The van der Waals surface area contributed by atoms with E-state index in [0.717, 1.165) is 30.0 Å². The highest BCUT2D eigenvalue weighted by molar-refractivity contribution is 8.00. The number of carbonyl (C=O) groups is 2. The van der Waals surface area contributed by atoms with E-state index in [1.54, 1.807) is 11.8 Å². The number of rotatable bonds is 5. The lowest BCUT2D eigenvalue weighted by molar-refractivity contribution is -0.125. The summed E-state index contributed by atoms with van der Waals surface area (Å²) in [5, 5.41) is 3.23. The number of amides is 2. The molecule has 0 spiro atoms. The molecule has 1 aromatic carbocycles. The first-order valence-electron chi connectivity index (χ1n) is 8.58. The Kier molecular flexibility index (Phi) is 5.79. The van der Waals surface area contributed by atoms with Gasteiger partial charge in [0.1, 0.15) is 0 Å². The van der Waals surface area contributed by atoms with Crippen molar-refractivity contribution < 1.29 is 14.3 Å². The molecule has 0 aromatic heterocycles. The van der Waals surface area contributed by atoms with E-state index in [1.807, 2.05) is 29.2 Å². The molecule has 1 fully saturated rings. The number of nitrogens with one attached hydrogen (secondary N) is 1. The lowest BCUT2D eigenvalue weighted by atomic mass is 10.2. The Morgan fingerprint density at radius 3 is 2.96 bits per heavy atom. The summed E-state index contributed by atoms with van der Waals surface area (Å²) < 4.78 is 5.48. The Bertz CT molecular complexity index is 602. The van der Waals surface area contributed by atoms with Crippen molar-refractivity contribution in [3.8, 4) is 0 Å². The Morgan fingerprint density at radius 2 is 2.17 bits per heavy atom. The molecule has 0 saturated carbocycles. The highest BCUT2D eigenvalue weighted by Crippen LogP contribution is 2.38.